The molecule has 1 fully saturated rings. The molecule has 128 valence electrons. The Hall–Kier alpha value is -2.66. The van der Waals surface area contributed by atoms with Crippen LogP contribution in [0, 0.1) is 0 Å². The van der Waals surface area contributed by atoms with Gasteiger partial charge in [0.15, 0.2) is 0 Å². The first-order valence-corrected chi connectivity index (χ1v) is 8.67. The van der Waals surface area contributed by atoms with Gasteiger partial charge in [0, 0.05) is 25.1 Å². The summed E-state index contributed by atoms with van der Waals surface area (Å²) in [6, 6.07) is 14.7. The smallest absolute Gasteiger partial charge is 0.119 e. The molecular formula is C20H22N4O. The van der Waals surface area contributed by atoms with Crippen molar-refractivity contribution >= 4 is 0 Å². The number of hydrogen-bond donors (Lipinski definition) is 0. The molecule has 0 bridgehead atoms. The van der Waals surface area contributed by atoms with Gasteiger partial charge < -0.3 is 4.74 Å². The molecule has 0 amide bonds. The molecule has 4 rings (SSSR count). The minimum Gasteiger partial charge on any atom is -0.497 e. The third-order valence-corrected chi connectivity index (χ3v) is 4.80. The number of ether oxygens (including phenoxy) is 1. The Balaban J connectivity index is 1.65. The molecule has 0 N–H and O–H groups in total. The van der Waals surface area contributed by atoms with Crippen molar-refractivity contribution in [3.63, 3.8) is 0 Å². The normalized spacial score (nSPS) is 17.7. The van der Waals surface area contributed by atoms with E-state index in [9.17, 15) is 0 Å². The third-order valence-electron chi connectivity index (χ3n) is 4.80. The maximum atomic E-state index is 5.44. The fourth-order valence-corrected chi connectivity index (χ4v) is 3.59. The lowest BCUT2D eigenvalue weighted by Gasteiger charge is -2.25. The summed E-state index contributed by atoms with van der Waals surface area (Å²) < 4.78 is 7.36. The highest BCUT2D eigenvalue weighted by atomic mass is 16.5. The van der Waals surface area contributed by atoms with E-state index in [4.69, 9.17) is 4.74 Å². The van der Waals surface area contributed by atoms with Crippen LogP contribution in [0.15, 0.2) is 61.1 Å². The van der Waals surface area contributed by atoms with E-state index in [1.54, 1.807) is 13.3 Å². The summed E-state index contributed by atoms with van der Waals surface area (Å²) in [5.74, 6) is 0.875. The van der Waals surface area contributed by atoms with Gasteiger partial charge in [-0.3, -0.25) is 9.88 Å². The number of benzene rings is 1. The Bertz CT molecular complexity index is 817. The number of pyridine rings is 1. The van der Waals surface area contributed by atoms with Gasteiger partial charge in [-0.25, -0.2) is 4.68 Å². The van der Waals surface area contributed by atoms with Gasteiger partial charge in [0.25, 0.3) is 0 Å². The van der Waals surface area contributed by atoms with Crippen LogP contribution in [0.25, 0.3) is 5.69 Å². The van der Waals surface area contributed by atoms with Gasteiger partial charge in [-0.05, 0) is 61.3 Å². The molecule has 3 heterocycles. The summed E-state index contributed by atoms with van der Waals surface area (Å²) in [6.45, 7) is 1.94. The van der Waals surface area contributed by atoms with Crippen molar-refractivity contribution < 1.29 is 4.74 Å². The first-order chi connectivity index (χ1) is 12.3. The molecule has 1 aliphatic rings. The molecule has 0 spiro atoms. The van der Waals surface area contributed by atoms with Gasteiger partial charge in [0.2, 0.25) is 0 Å². The summed E-state index contributed by atoms with van der Waals surface area (Å²) in [6.07, 6.45) is 8.01. The molecule has 5 heteroatoms. The van der Waals surface area contributed by atoms with Crippen molar-refractivity contribution in [1.82, 2.24) is 19.7 Å². The maximum absolute atomic E-state index is 5.44. The number of methoxy groups -OCH3 is 1. The van der Waals surface area contributed by atoms with Crippen molar-refractivity contribution in [1.29, 1.82) is 0 Å². The zero-order valence-corrected chi connectivity index (χ0v) is 14.4. The standard InChI is InChI=1S/C20H22N4O/c1-25-17-8-9-19(24-13-5-11-22-24)16(14-17)15-23-12-4-7-20(23)18-6-2-3-10-21-18/h2-3,5-6,8-11,13-14,20H,4,7,12,15H2,1H3/t20-/m1/s1. The molecular weight excluding hydrogens is 312 g/mol. The average Bonchev–Trinajstić information content (AvgIpc) is 3.34. The monoisotopic (exact) mass is 334 g/mol. The van der Waals surface area contributed by atoms with Crippen molar-refractivity contribution in [3.8, 4) is 11.4 Å². The van der Waals surface area contributed by atoms with Crippen molar-refractivity contribution in [2.45, 2.75) is 25.4 Å². The highest BCUT2D eigenvalue weighted by molar-refractivity contribution is 5.45. The Labute approximate surface area is 147 Å². The lowest BCUT2D eigenvalue weighted by atomic mass is 10.1. The molecule has 1 aromatic carbocycles. The molecule has 25 heavy (non-hydrogen) atoms. The molecule has 1 aliphatic heterocycles. The van der Waals surface area contributed by atoms with Crippen LogP contribution in [0.5, 0.6) is 5.75 Å². The summed E-state index contributed by atoms with van der Waals surface area (Å²) in [5, 5.41) is 4.40. The Morgan fingerprint density at radius 3 is 2.88 bits per heavy atom. The highest BCUT2D eigenvalue weighted by Crippen LogP contribution is 2.33. The van der Waals surface area contributed by atoms with Crippen molar-refractivity contribution in [2.24, 2.45) is 0 Å². The molecule has 0 aliphatic carbocycles. The quantitative estimate of drug-likeness (QED) is 0.715. The lowest BCUT2D eigenvalue weighted by Crippen LogP contribution is -2.24. The molecule has 5 nitrogen and oxygen atoms in total. The van der Waals surface area contributed by atoms with Gasteiger partial charge in [-0.1, -0.05) is 6.07 Å². The third kappa shape index (κ3) is 3.28. The van der Waals surface area contributed by atoms with E-state index in [0.717, 1.165) is 36.6 Å². The van der Waals surface area contributed by atoms with E-state index in [0.29, 0.717) is 6.04 Å². The second-order valence-corrected chi connectivity index (χ2v) is 6.33. The zero-order chi connectivity index (χ0) is 17.1. The number of hydrogen-bond acceptors (Lipinski definition) is 4. The predicted octanol–water partition coefficient (Wildman–Crippen LogP) is 3.61. The van der Waals surface area contributed by atoms with E-state index in [1.165, 1.54) is 12.0 Å². The Morgan fingerprint density at radius 1 is 1.16 bits per heavy atom. The van der Waals surface area contributed by atoms with Crippen LogP contribution in [-0.4, -0.2) is 33.3 Å². The zero-order valence-electron chi connectivity index (χ0n) is 14.4. The molecule has 1 atom stereocenters. The first kappa shape index (κ1) is 15.8. The minimum absolute atomic E-state index is 0.373. The number of aromatic nitrogens is 3. The SMILES string of the molecule is COc1ccc(-n2cccn2)c(CN2CCC[C@@H]2c2ccccn2)c1. The minimum atomic E-state index is 0.373. The van der Waals surface area contributed by atoms with Crippen LogP contribution in [0.4, 0.5) is 0 Å². The van der Waals surface area contributed by atoms with E-state index in [1.807, 2.05) is 35.3 Å². The summed E-state index contributed by atoms with van der Waals surface area (Å²) >= 11 is 0. The van der Waals surface area contributed by atoms with Crippen LogP contribution in [-0.2, 0) is 6.54 Å². The van der Waals surface area contributed by atoms with E-state index >= 15 is 0 Å². The Kier molecular flexibility index (Phi) is 4.48. The molecule has 3 aromatic rings. The molecule has 0 saturated carbocycles. The van der Waals surface area contributed by atoms with Crippen LogP contribution < -0.4 is 4.74 Å². The molecule has 1 saturated heterocycles. The first-order valence-electron chi connectivity index (χ1n) is 8.67. The maximum Gasteiger partial charge on any atom is 0.119 e. The fourth-order valence-electron chi connectivity index (χ4n) is 3.59. The van der Waals surface area contributed by atoms with Crippen molar-refractivity contribution in [2.75, 3.05) is 13.7 Å². The van der Waals surface area contributed by atoms with Crippen LogP contribution in [0.2, 0.25) is 0 Å². The molecule has 0 unspecified atom stereocenters. The fraction of sp³-hybridized carbons (Fsp3) is 0.300. The van der Waals surface area contributed by atoms with Gasteiger partial charge in [0.05, 0.1) is 24.5 Å². The number of rotatable bonds is 5. The van der Waals surface area contributed by atoms with Gasteiger partial charge >= 0.3 is 0 Å². The van der Waals surface area contributed by atoms with E-state index in [-0.39, 0.29) is 0 Å². The molecule has 2 aromatic heterocycles. The van der Waals surface area contributed by atoms with Gasteiger partial charge in [0.1, 0.15) is 5.75 Å². The molecule has 0 radical (unpaired) electrons. The number of nitrogens with zero attached hydrogens (tertiary/aromatic N) is 4. The summed E-state index contributed by atoms with van der Waals surface area (Å²) in [7, 11) is 1.71. The second kappa shape index (κ2) is 7.07. The largest absolute Gasteiger partial charge is 0.497 e. The van der Waals surface area contributed by atoms with Gasteiger partial charge in [-0.2, -0.15) is 5.10 Å². The lowest BCUT2D eigenvalue weighted by molar-refractivity contribution is 0.244. The topological polar surface area (TPSA) is 43.2 Å². The summed E-state index contributed by atoms with van der Waals surface area (Å²) in [4.78, 5) is 7.08. The van der Waals surface area contributed by atoms with Crippen molar-refractivity contribution in [3.05, 3.63) is 72.3 Å². The average molecular weight is 334 g/mol. The summed E-state index contributed by atoms with van der Waals surface area (Å²) in [5.41, 5.74) is 3.46. The van der Waals surface area contributed by atoms with E-state index in [2.05, 4.69) is 39.2 Å². The highest BCUT2D eigenvalue weighted by Gasteiger charge is 2.27. The second-order valence-electron chi connectivity index (χ2n) is 6.33. The number of likely N-dealkylation sites (tertiary alicyclic amines) is 1. The Morgan fingerprint density at radius 2 is 2.12 bits per heavy atom. The van der Waals surface area contributed by atoms with Crippen LogP contribution in [0.3, 0.4) is 0 Å². The van der Waals surface area contributed by atoms with Gasteiger partial charge in [-0.15, -0.1) is 0 Å². The van der Waals surface area contributed by atoms with Crippen LogP contribution in [0.1, 0.15) is 30.1 Å². The predicted molar refractivity (Wildman–Crippen MR) is 96.7 cm³/mol. The van der Waals surface area contributed by atoms with E-state index < -0.39 is 0 Å². The van der Waals surface area contributed by atoms with Crippen LogP contribution >= 0.6 is 0 Å².